The lowest BCUT2D eigenvalue weighted by Crippen LogP contribution is -2.11. The Bertz CT molecular complexity index is 842. The summed E-state index contributed by atoms with van der Waals surface area (Å²) < 4.78 is 5.83. The number of para-hydroxylation sites is 1. The van der Waals surface area contributed by atoms with Gasteiger partial charge in [-0.05, 0) is 11.6 Å². The monoisotopic (exact) mass is 269 g/mol. The number of hydrogen-bond acceptors (Lipinski definition) is 5. The molecule has 0 bridgehead atoms. The minimum Gasteiger partial charge on any atom is -0.482 e. The number of imidazole rings is 1. The van der Waals surface area contributed by atoms with Crippen molar-refractivity contribution in [3.8, 4) is 5.75 Å². The zero-order valence-corrected chi connectivity index (χ0v) is 10.4. The van der Waals surface area contributed by atoms with E-state index in [4.69, 9.17) is 10.5 Å². The van der Waals surface area contributed by atoms with Crippen LogP contribution < -0.4 is 16.0 Å². The van der Waals surface area contributed by atoms with Crippen molar-refractivity contribution in [3.63, 3.8) is 0 Å². The van der Waals surface area contributed by atoms with E-state index in [1.54, 1.807) is 0 Å². The summed E-state index contributed by atoms with van der Waals surface area (Å²) in [7, 11) is 0. The average Bonchev–Trinajstić information content (AvgIpc) is 3.01. The zero-order valence-electron chi connectivity index (χ0n) is 10.4. The van der Waals surface area contributed by atoms with Crippen LogP contribution in [0.5, 0.6) is 5.75 Å². The number of H-pyrrole nitrogens is 2. The number of aromatic nitrogens is 4. The lowest BCUT2D eigenvalue weighted by Gasteiger charge is -2.06. The molecule has 0 saturated carbocycles. The quantitative estimate of drug-likeness (QED) is 0.608. The number of fused-ring (bicyclic) bond motifs is 2. The van der Waals surface area contributed by atoms with E-state index in [2.05, 4.69) is 19.9 Å². The first-order valence-corrected chi connectivity index (χ1v) is 6.20. The van der Waals surface area contributed by atoms with Crippen molar-refractivity contribution in [2.75, 3.05) is 5.73 Å². The van der Waals surface area contributed by atoms with Crippen molar-refractivity contribution in [2.45, 2.75) is 12.5 Å². The maximum absolute atomic E-state index is 11.8. The van der Waals surface area contributed by atoms with Crippen LogP contribution in [0.15, 0.2) is 29.1 Å². The van der Waals surface area contributed by atoms with E-state index in [0.717, 1.165) is 11.3 Å². The Morgan fingerprint density at radius 3 is 2.95 bits per heavy atom. The number of nitrogens with one attached hydrogen (secondary N) is 2. The van der Waals surface area contributed by atoms with Crippen LogP contribution in [0.25, 0.3) is 11.2 Å². The minimum absolute atomic E-state index is 0.0520. The van der Waals surface area contributed by atoms with Gasteiger partial charge >= 0.3 is 0 Å². The Labute approximate surface area is 112 Å². The molecule has 0 spiro atoms. The lowest BCUT2D eigenvalue weighted by atomic mass is 10.1. The van der Waals surface area contributed by atoms with Gasteiger partial charge in [0, 0.05) is 6.42 Å². The van der Waals surface area contributed by atoms with Crippen LogP contribution >= 0.6 is 0 Å². The van der Waals surface area contributed by atoms with Gasteiger partial charge in [0.25, 0.3) is 5.56 Å². The molecule has 1 aromatic carbocycles. The predicted molar refractivity (Wildman–Crippen MR) is 72.4 cm³/mol. The summed E-state index contributed by atoms with van der Waals surface area (Å²) in [6, 6.07) is 7.82. The number of aromatic amines is 2. The molecule has 0 aliphatic carbocycles. The normalized spacial score (nSPS) is 17.1. The molecule has 7 heteroatoms. The fourth-order valence-electron chi connectivity index (χ4n) is 2.43. The Morgan fingerprint density at radius 2 is 2.10 bits per heavy atom. The van der Waals surface area contributed by atoms with Gasteiger partial charge < -0.3 is 15.5 Å². The number of nitrogens with zero attached hydrogens (tertiary/aromatic N) is 2. The number of ether oxygens (including phenoxy) is 1. The predicted octanol–water partition coefficient (Wildman–Crippen LogP) is 0.905. The van der Waals surface area contributed by atoms with Crippen LogP contribution in [-0.4, -0.2) is 19.9 Å². The number of nitrogens with two attached hydrogens (primary N) is 1. The molecule has 7 nitrogen and oxygen atoms in total. The largest absolute Gasteiger partial charge is 0.482 e. The number of nitrogen functional groups attached to an aromatic ring is 1. The molecule has 1 atom stereocenters. The van der Waals surface area contributed by atoms with E-state index in [1.807, 2.05) is 24.3 Å². The van der Waals surface area contributed by atoms with Gasteiger partial charge in [0.15, 0.2) is 23.1 Å². The molecule has 2 aromatic heterocycles. The van der Waals surface area contributed by atoms with Crippen LogP contribution in [0.2, 0.25) is 0 Å². The fraction of sp³-hybridized carbons (Fsp3) is 0.154. The van der Waals surface area contributed by atoms with Gasteiger partial charge in [-0.15, -0.1) is 0 Å². The second kappa shape index (κ2) is 3.83. The van der Waals surface area contributed by atoms with Crippen LogP contribution in [0.1, 0.15) is 17.5 Å². The van der Waals surface area contributed by atoms with Crippen molar-refractivity contribution in [2.24, 2.45) is 0 Å². The smallest absolute Gasteiger partial charge is 0.278 e. The third-order valence-corrected chi connectivity index (χ3v) is 3.35. The number of rotatable bonds is 1. The van der Waals surface area contributed by atoms with Gasteiger partial charge in [0.05, 0.1) is 0 Å². The topological polar surface area (TPSA) is 110 Å². The summed E-state index contributed by atoms with van der Waals surface area (Å²) in [4.78, 5) is 25.5. The van der Waals surface area contributed by atoms with Crippen molar-refractivity contribution in [1.82, 2.24) is 19.9 Å². The van der Waals surface area contributed by atoms with Crippen molar-refractivity contribution < 1.29 is 4.74 Å². The second-order valence-electron chi connectivity index (χ2n) is 4.69. The Hall–Kier alpha value is -2.83. The molecule has 0 radical (unpaired) electrons. The van der Waals surface area contributed by atoms with Gasteiger partial charge in [-0.3, -0.25) is 9.78 Å². The first-order chi connectivity index (χ1) is 9.70. The third-order valence-electron chi connectivity index (χ3n) is 3.35. The molecule has 4 rings (SSSR count). The minimum atomic E-state index is -0.332. The summed E-state index contributed by atoms with van der Waals surface area (Å²) in [6.45, 7) is 0. The van der Waals surface area contributed by atoms with Gasteiger partial charge in [-0.25, -0.2) is 4.98 Å². The van der Waals surface area contributed by atoms with Crippen LogP contribution in [0.3, 0.4) is 0 Å². The van der Waals surface area contributed by atoms with E-state index < -0.39 is 0 Å². The van der Waals surface area contributed by atoms with E-state index in [0.29, 0.717) is 23.4 Å². The molecular weight excluding hydrogens is 258 g/mol. The van der Waals surface area contributed by atoms with E-state index in [1.165, 1.54) is 0 Å². The van der Waals surface area contributed by atoms with Crippen LogP contribution in [0.4, 0.5) is 5.95 Å². The summed E-state index contributed by atoms with van der Waals surface area (Å²) >= 11 is 0. The molecule has 1 aliphatic heterocycles. The van der Waals surface area contributed by atoms with Crippen LogP contribution in [0, 0.1) is 0 Å². The zero-order chi connectivity index (χ0) is 13.7. The molecule has 3 aromatic rings. The van der Waals surface area contributed by atoms with E-state index in [-0.39, 0.29) is 17.6 Å². The van der Waals surface area contributed by atoms with Crippen molar-refractivity contribution in [1.29, 1.82) is 0 Å². The highest BCUT2D eigenvalue weighted by atomic mass is 16.5. The SMILES string of the molecule is Nc1nc2nc(C3Cc4ccccc4O3)[nH]c2c(=O)[nH]1. The summed E-state index contributed by atoms with van der Waals surface area (Å²) in [6.07, 6.45) is 0.478. The molecule has 4 N–H and O–H groups in total. The molecule has 0 fully saturated rings. The molecule has 1 aliphatic rings. The molecule has 3 heterocycles. The highest BCUT2D eigenvalue weighted by molar-refractivity contribution is 5.70. The van der Waals surface area contributed by atoms with E-state index >= 15 is 0 Å². The van der Waals surface area contributed by atoms with Gasteiger partial charge in [-0.1, -0.05) is 18.2 Å². The molecule has 0 saturated heterocycles. The molecule has 20 heavy (non-hydrogen) atoms. The molecule has 1 unspecified atom stereocenters. The molecular formula is C13H11N5O2. The molecule has 100 valence electrons. The van der Waals surface area contributed by atoms with Gasteiger partial charge in [0.1, 0.15) is 5.75 Å². The standard InChI is InChI=1S/C13H11N5O2/c14-13-17-11-9(12(19)18-13)15-10(16-11)8-5-6-3-1-2-4-7(6)20-8/h1-4,8H,5H2,(H4,14,15,16,17,18,19). The Balaban J connectivity index is 1.78. The number of anilines is 1. The Kier molecular flexibility index (Phi) is 2.11. The van der Waals surface area contributed by atoms with Crippen LogP contribution in [-0.2, 0) is 6.42 Å². The number of hydrogen-bond donors (Lipinski definition) is 3. The summed E-state index contributed by atoms with van der Waals surface area (Å²) in [5.74, 6) is 1.48. The van der Waals surface area contributed by atoms with Crippen molar-refractivity contribution >= 4 is 17.1 Å². The second-order valence-corrected chi connectivity index (χ2v) is 4.69. The first-order valence-electron chi connectivity index (χ1n) is 6.20. The maximum Gasteiger partial charge on any atom is 0.278 e. The average molecular weight is 269 g/mol. The summed E-state index contributed by atoms with van der Waals surface area (Å²) in [5.41, 5.74) is 6.92. The van der Waals surface area contributed by atoms with E-state index in [9.17, 15) is 4.79 Å². The van der Waals surface area contributed by atoms with Gasteiger partial charge in [-0.2, -0.15) is 4.98 Å². The van der Waals surface area contributed by atoms with Gasteiger partial charge in [0.2, 0.25) is 5.95 Å². The molecule has 0 amide bonds. The maximum atomic E-state index is 11.8. The first kappa shape index (κ1) is 11.0. The highest BCUT2D eigenvalue weighted by Gasteiger charge is 2.27. The Morgan fingerprint density at radius 1 is 1.25 bits per heavy atom. The van der Waals surface area contributed by atoms with Crippen molar-refractivity contribution in [3.05, 3.63) is 46.0 Å². The third kappa shape index (κ3) is 1.56. The highest BCUT2D eigenvalue weighted by Crippen LogP contribution is 2.35. The number of benzene rings is 1. The fourth-order valence-corrected chi connectivity index (χ4v) is 2.43. The summed E-state index contributed by atoms with van der Waals surface area (Å²) in [5, 5.41) is 0. The lowest BCUT2D eigenvalue weighted by molar-refractivity contribution is 0.229.